The van der Waals surface area contributed by atoms with Crippen molar-refractivity contribution in [2.45, 2.75) is 41.2 Å². The third-order valence-electron chi connectivity index (χ3n) is 11.1. The molecule has 0 radical (unpaired) electrons. The summed E-state index contributed by atoms with van der Waals surface area (Å²) in [5.41, 5.74) is 3.62. The van der Waals surface area contributed by atoms with Crippen LogP contribution in [-0.4, -0.2) is 87.0 Å². The minimum absolute atomic E-state index is 0.0473. The molecule has 2 fully saturated rings. The fourth-order valence-corrected chi connectivity index (χ4v) is 9.80. The Balaban J connectivity index is 0.967. The Morgan fingerprint density at radius 3 is 2.28 bits per heavy atom. The Kier molecular flexibility index (Phi) is 14.4. The third-order valence-corrected chi connectivity index (χ3v) is 13.8. The zero-order chi connectivity index (χ0) is 42.1. The highest BCUT2D eigenvalue weighted by Gasteiger charge is 2.29. The van der Waals surface area contributed by atoms with Gasteiger partial charge >= 0.3 is 0 Å². The van der Waals surface area contributed by atoms with Crippen LogP contribution in [0.3, 0.4) is 0 Å². The molecule has 12 nitrogen and oxygen atoms in total. The smallest absolute Gasteiger partial charge is 0.293 e. The normalized spacial score (nSPS) is 16.2. The molecule has 7 rings (SSSR count). The predicted molar refractivity (Wildman–Crippen MR) is 237 cm³/mol. The molecular weight excluding hydrogens is 822 g/mol. The van der Waals surface area contributed by atoms with Crippen LogP contribution in [0.4, 0.5) is 17.1 Å². The molecule has 1 unspecified atom stereocenters. The number of hydrogen-bond acceptors (Lipinski definition) is 11. The minimum atomic E-state index is -4.47. The van der Waals surface area contributed by atoms with Gasteiger partial charge in [0.2, 0.25) is 0 Å². The maximum absolute atomic E-state index is 13.5. The number of sulfonamides is 1. The lowest BCUT2D eigenvalue weighted by Crippen LogP contribution is -2.39. The number of halogens is 1. The number of nitro groups is 1. The largest absolute Gasteiger partial charge is 0.388 e. The summed E-state index contributed by atoms with van der Waals surface area (Å²) in [5, 5.41) is 27.8. The van der Waals surface area contributed by atoms with E-state index in [1.54, 1.807) is 36.0 Å². The predicted octanol–water partition coefficient (Wildman–Crippen LogP) is 8.28. The van der Waals surface area contributed by atoms with Crippen LogP contribution in [0.15, 0.2) is 131 Å². The van der Waals surface area contributed by atoms with Gasteiger partial charge in [0.15, 0.2) is 0 Å². The first-order chi connectivity index (χ1) is 29.0. The molecule has 5 aromatic carbocycles. The molecule has 1 amide bonds. The molecule has 0 spiro atoms. The van der Waals surface area contributed by atoms with E-state index in [9.17, 15) is 28.4 Å². The van der Waals surface area contributed by atoms with Crippen molar-refractivity contribution in [3.05, 3.63) is 148 Å². The van der Waals surface area contributed by atoms with Crippen molar-refractivity contribution < 1.29 is 28.0 Å². The van der Waals surface area contributed by atoms with Gasteiger partial charge in [-0.05, 0) is 103 Å². The van der Waals surface area contributed by atoms with Crippen LogP contribution in [0.1, 0.15) is 41.3 Å². The van der Waals surface area contributed by atoms with Gasteiger partial charge in [-0.2, -0.15) is 0 Å². The number of rotatable bonds is 16. The van der Waals surface area contributed by atoms with Crippen LogP contribution >= 0.6 is 23.4 Å². The molecular formula is C45H48ClN5O7S2. The first kappa shape index (κ1) is 43.1. The number of ether oxygens (including phenoxy) is 1. The van der Waals surface area contributed by atoms with Crippen molar-refractivity contribution in [2.75, 3.05) is 61.9 Å². The maximum Gasteiger partial charge on any atom is 0.293 e. The number of aliphatic hydroxyl groups is 1. The van der Waals surface area contributed by atoms with Crippen molar-refractivity contribution in [1.29, 1.82) is 0 Å². The standard InChI is InChI=1S/C45H48ClN5O7S2/c46-35-14-10-32(11-15-35)40-8-4-5-9-41(40)44(52)33-20-24-50(25-21-33)37-16-12-34(13-17-37)45(53)48-60(56,57)39-18-19-42(43(30-39)51(54)55)47-36(22-23-49-26-28-58-29-27-49)31-59-38-6-2-1-3-7-38/h1-19,30,33,36,44,47,52H,20-29,31H2,(H,48,53)/t36-,44?/m1/s1. The highest BCUT2D eigenvalue weighted by Crippen LogP contribution is 2.38. The number of nitrogens with one attached hydrogen (secondary N) is 2. The van der Waals surface area contributed by atoms with Crippen LogP contribution in [0, 0.1) is 16.0 Å². The zero-order valence-corrected chi connectivity index (χ0v) is 35.4. The summed E-state index contributed by atoms with van der Waals surface area (Å²) in [6, 6.07) is 35.5. The van der Waals surface area contributed by atoms with Crippen LogP contribution in [0.25, 0.3) is 11.1 Å². The average Bonchev–Trinajstić information content (AvgIpc) is 3.28. The molecule has 314 valence electrons. The molecule has 2 aliphatic heterocycles. The molecule has 60 heavy (non-hydrogen) atoms. The van der Waals surface area contributed by atoms with Gasteiger partial charge in [-0.1, -0.05) is 66.2 Å². The number of morpholine rings is 1. The zero-order valence-electron chi connectivity index (χ0n) is 33.0. The van der Waals surface area contributed by atoms with Crippen molar-refractivity contribution in [3.63, 3.8) is 0 Å². The molecule has 5 aromatic rings. The summed E-state index contributed by atoms with van der Waals surface area (Å²) in [4.78, 5) is 30.1. The Bertz CT molecular complexity index is 2340. The second kappa shape index (κ2) is 20.1. The average molecular weight is 870 g/mol. The molecule has 0 bridgehead atoms. The third kappa shape index (κ3) is 11.0. The van der Waals surface area contributed by atoms with Crippen molar-refractivity contribution in [1.82, 2.24) is 9.62 Å². The molecule has 2 aliphatic rings. The van der Waals surface area contributed by atoms with Gasteiger partial charge in [-0.25, -0.2) is 13.1 Å². The summed E-state index contributed by atoms with van der Waals surface area (Å²) in [7, 11) is -4.47. The molecule has 2 saturated heterocycles. The lowest BCUT2D eigenvalue weighted by Gasteiger charge is -2.36. The van der Waals surface area contributed by atoms with Crippen molar-refractivity contribution >= 4 is 56.4 Å². The lowest BCUT2D eigenvalue weighted by atomic mass is 9.84. The van der Waals surface area contributed by atoms with Gasteiger partial charge in [-0.15, -0.1) is 11.8 Å². The van der Waals surface area contributed by atoms with Gasteiger partial charge in [0.25, 0.3) is 21.6 Å². The van der Waals surface area contributed by atoms with Gasteiger partial charge in [0, 0.05) is 71.8 Å². The first-order valence-electron chi connectivity index (χ1n) is 20.0. The van der Waals surface area contributed by atoms with Gasteiger partial charge < -0.3 is 20.1 Å². The topological polar surface area (TPSA) is 154 Å². The molecule has 0 saturated carbocycles. The van der Waals surface area contributed by atoms with Crippen molar-refractivity contribution in [2.24, 2.45) is 5.92 Å². The van der Waals surface area contributed by atoms with E-state index in [1.807, 2.05) is 78.9 Å². The summed E-state index contributed by atoms with van der Waals surface area (Å²) in [6.07, 6.45) is 1.55. The van der Waals surface area contributed by atoms with Crippen LogP contribution in [-0.2, 0) is 14.8 Å². The number of anilines is 2. The van der Waals surface area contributed by atoms with Crippen LogP contribution in [0.2, 0.25) is 5.02 Å². The van der Waals surface area contributed by atoms with E-state index in [2.05, 4.69) is 19.8 Å². The Morgan fingerprint density at radius 2 is 1.58 bits per heavy atom. The van der Waals surface area contributed by atoms with E-state index in [-0.39, 0.29) is 23.2 Å². The molecule has 2 atom stereocenters. The number of amides is 1. The van der Waals surface area contributed by atoms with Gasteiger partial charge in [0.05, 0.1) is 29.1 Å². The van der Waals surface area contributed by atoms with E-state index in [1.165, 1.54) is 12.1 Å². The molecule has 0 aromatic heterocycles. The van der Waals surface area contributed by atoms with E-state index in [0.717, 1.165) is 65.8 Å². The molecule has 15 heteroatoms. The highest BCUT2D eigenvalue weighted by molar-refractivity contribution is 7.99. The number of aliphatic hydroxyl groups excluding tert-OH is 1. The quantitative estimate of drug-likeness (QED) is 0.0499. The minimum Gasteiger partial charge on any atom is -0.388 e. The number of nitrogens with zero attached hydrogens (tertiary/aromatic N) is 3. The monoisotopic (exact) mass is 869 g/mol. The fourth-order valence-electron chi connectivity index (χ4n) is 7.68. The number of carbonyl (C=O) groups excluding carboxylic acids is 1. The Hall–Kier alpha value is -4.96. The highest BCUT2D eigenvalue weighted by atomic mass is 35.5. The van der Waals surface area contributed by atoms with E-state index in [4.69, 9.17) is 16.3 Å². The SMILES string of the molecule is O=C(NS(=O)(=O)c1ccc(N[C@H](CCN2CCOCC2)CSc2ccccc2)c([N+](=O)[O-])c1)c1ccc(N2CCC(C(O)c3ccccc3-c3ccc(Cl)cc3)CC2)cc1. The summed E-state index contributed by atoms with van der Waals surface area (Å²) < 4.78 is 34.5. The molecule has 2 heterocycles. The van der Waals surface area contributed by atoms with E-state index < -0.39 is 37.5 Å². The van der Waals surface area contributed by atoms with Crippen LogP contribution < -0.4 is 14.9 Å². The fraction of sp³-hybridized carbons (Fsp3) is 0.311. The number of thioether (sulfide) groups is 1. The Labute approximate surface area is 360 Å². The second-order valence-electron chi connectivity index (χ2n) is 15.0. The summed E-state index contributed by atoms with van der Waals surface area (Å²) in [5.74, 6) is -0.178. The summed E-state index contributed by atoms with van der Waals surface area (Å²) in [6.45, 7) is 5.11. The van der Waals surface area contributed by atoms with Gasteiger partial charge in [0.1, 0.15) is 5.69 Å². The van der Waals surface area contributed by atoms with E-state index >= 15 is 0 Å². The van der Waals surface area contributed by atoms with E-state index in [0.29, 0.717) is 43.5 Å². The number of carbonyl (C=O) groups is 1. The number of hydrogen-bond donors (Lipinski definition) is 3. The first-order valence-corrected chi connectivity index (χ1v) is 22.9. The lowest BCUT2D eigenvalue weighted by molar-refractivity contribution is -0.384. The molecule has 3 N–H and O–H groups in total. The number of benzene rings is 5. The maximum atomic E-state index is 13.5. The summed E-state index contributed by atoms with van der Waals surface area (Å²) >= 11 is 7.75. The van der Waals surface area contributed by atoms with Gasteiger partial charge in [-0.3, -0.25) is 19.8 Å². The van der Waals surface area contributed by atoms with Crippen LogP contribution in [0.5, 0.6) is 0 Å². The number of piperidine rings is 1. The Morgan fingerprint density at radius 1 is 0.900 bits per heavy atom. The second-order valence-corrected chi connectivity index (χ2v) is 18.2. The van der Waals surface area contributed by atoms with Crippen molar-refractivity contribution in [3.8, 4) is 11.1 Å². The molecule has 0 aliphatic carbocycles. The number of nitro benzene ring substituents is 1.